The maximum absolute atomic E-state index is 12.8. The van der Waals surface area contributed by atoms with Gasteiger partial charge >= 0.3 is 0 Å². The lowest BCUT2D eigenvalue weighted by Gasteiger charge is -2.26. The standard InChI is InChI=1S/C22H26N2O4S/c25-22(15-17-8-9-18-4-1-2-5-19(18)14-17)23-20-6-3-7-21(16-20)29(26,27)24-10-12-28-13-11-24/h3,6-9,14,16H,1-2,4-5,10-13,15H2,(H,23,25). The van der Waals surface area contributed by atoms with E-state index in [1.807, 2.05) is 6.07 Å². The summed E-state index contributed by atoms with van der Waals surface area (Å²) in [4.78, 5) is 12.7. The number of aryl methyl sites for hydroxylation is 2. The van der Waals surface area contributed by atoms with Gasteiger partial charge in [0.2, 0.25) is 15.9 Å². The van der Waals surface area contributed by atoms with Gasteiger partial charge in [-0.15, -0.1) is 0 Å². The van der Waals surface area contributed by atoms with E-state index < -0.39 is 10.0 Å². The zero-order chi connectivity index (χ0) is 20.3. The third-order valence-electron chi connectivity index (χ3n) is 5.50. The highest BCUT2D eigenvalue weighted by atomic mass is 32.2. The average Bonchev–Trinajstić information content (AvgIpc) is 2.74. The van der Waals surface area contributed by atoms with Crippen LogP contribution in [0.2, 0.25) is 0 Å². The molecule has 2 aliphatic rings. The molecule has 1 amide bonds. The van der Waals surface area contributed by atoms with Crippen LogP contribution in [-0.4, -0.2) is 44.9 Å². The summed E-state index contributed by atoms with van der Waals surface area (Å²) in [5, 5.41) is 2.84. The van der Waals surface area contributed by atoms with Gasteiger partial charge in [0, 0.05) is 18.8 Å². The maximum atomic E-state index is 12.8. The highest BCUT2D eigenvalue weighted by Crippen LogP contribution is 2.23. The van der Waals surface area contributed by atoms with Crippen LogP contribution < -0.4 is 5.32 Å². The molecule has 0 aromatic heterocycles. The number of hydrogen-bond acceptors (Lipinski definition) is 4. The fraction of sp³-hybridized carbons (Fsp3) is 0.409. The number of nitrogens with zero attached hydrogens (tertiary/aromatic N) is 1. The zero-order valence-electron chi connectivity index (χ0n) is 16.4. The van der Waals surface area contributed by atoms with Crippen molar-refractivity contribution in [3.8, 4) is 0 Å². The summed E-state index contributed by atoms with van der Waals surface area (Å²) in [5.41, 5.74) is 4.21. The van der Waals surface area contributed by atoms with Gasteiger partial charge in [-0.05, 0) is 60.6 Å². The molecule has 1 fully saturated rings. The Labute approximate surface area is 171 Å². The van der Waals surface area contributed by atoms with E-state index in [9.17, 15) is 13.2 Å². The zero-order valence-corrected chi connectivity index (χ0v) is 17.2. The highest BCUT2D eigenvalue weighted by molar-refractivity contribution is 7.89. The number of carbonyl (C=O) groups is 1. The Morgan fingerprint density at radius 3 is 2.55 bits per heavy atom. The molecule has 1 saturated heterocycles. The lowest BCUT2D eigenvalue weighted by Crippen LogP contribution is -2.40. The lowest BCUT2D eigenvalue weighted by molar-refractivity contribution is -0.115. The van der Waals surface area contributed by atoms with Crippen molar-refractivity contribution >= 4 is 21.6 Å². The number of ether oxygens (including phenoxy) is 1. The summed E-state index contributed by atoms with van der Waals surface area (Å²) in [6.07, 6.45) is 4.90. The van der Waals surface area contributed by atoms with Crippen molar-refractivity contribution in [3.63, 3.8) is 0 Å². The van der Waals surface area contributed by atoms with Crippen LogP contribution in [0.5, 0.6) is 0 Å². The molecule has 1 heterocycles. The van der Waals surface area contributed by atoms with Crippen LogP contribution in [0.15, 0.2) is 47.4 Å². The molecule has 154 valence electrons. The van der Waals surface area contributed by atoms with E-state index in [1.165, 1.54) is 34.3 Å². The number of anilines is 1. The lowest BCUT2D eigenvalue weighted by atomic mass is 9.90. The van der Waals surface area contributed by atoms with Crippen LogP contribution in [0.1, 0.15) is 29.5 Å². The molecule has 2 aromatic carbocycles. The molecule has 7 heteroatoms. The van der Waals surface area contributed by atoms with Gasteiger partial charge in [0.1, 0.15) is 0 Å². The highest BCUT2D eigenvalue weighted by Gasteiger charge is 2.26. The first kappa shape index (κ1) is 20.1. The summed E-state index contributed by atoms with van der Waals surface area (Å²) < 4.78 is 32.3. The monoisotopic (exact) mass is 414 g/mol. The average molecular weight is 415 g/mol. The van der Waals surface area contributed by atoms with E-state index in [0.717, 1.165) is 18.4 Å². The molecule has 1 N–H and O–H groups in total. The first-order valence-electron chi connectivity index (χ1n) is 10.1. The van der Waals surface area contributed by atoms with Gasteiger partial charge < -0.3 is 10.1 Å². The molecule has 0 spiro atoms. The van der Waals surface area contributed by atoms with E-state index in [1.54, 1.807) is 18.2 Å². The molecule has 0 radical (unpaired) electrons. The van der Waals surface area contributed by atoms with Crippen LogP contribution in [-0.2, 0) is 38.8 Å². The van der Waals surface area contributed by atoms with Crippen molar-refractivity contribution in [1.29, 1.82) is 0 Å². The summed E-state index contributed by atoms with van der Waals surface area (Å²) in [5.74, 6) is -0.151. The summed E-state index contributed by atoms with van der Waals surface area (Å²) in [7, 11) is -3.59. The Morgan fingerprint density at radius 2 is 1.76 bits per heavy atom. The van der Waals surface area contributed by atoms with Gasteiger partial charge in [-0.25, -0.2) is 8.42 Å². The van der Waals surface area contributed by atoms with E-state index in [4.69, 9.17) is 4.74 Å². The Morgan fingerprint density at radius 1 is 1.00 bits per heavy atom. The number of sulfonamides is 1. The maximum Gasteiger partial charge on any atom is 0.243 e. The van der Waals surface area contributed by atoms with Crippen molar-refractivity contribution in [2.75, 3.05) is 31.6 Å². The Kier molecular flexibility index (Phi) is 5.99. The predicted molar refractivity (Wildman–Crippen MR) is 111 cm³/mol. The molecule has 0 bridgehead atoms. The second-order valence-electron chi connectivity index (χ2n) is 7.58. The summed E-state index contributed by atoms with van der Waals surface area (Å²) in [6, 6.07) is 12.7. The van der Waals surface area contributed by atoms with Crippen molar-refractivity contribution < 1.29 is 17.9 Å². The van der Waals surface area contributed by atoms with Crippen LogP contribution in [0, 0.1) is 0 Å². The molecule has 1 aliphatic carbocycles. The molecular weight excluding hydrogens is 388 g/mol. The van der Waals surface area contributed by atoms with E-state index in [-0.39, 0.29) is 17.2 Å². The fourth-order valence-electron chi connectivity index (χ4n) is 3.96. The third kappa shape index (κ3) is 4.69. The first-order chi connectivity index (χ1) is 14.0. The minimum atomic E-state index is -3.59. The topological polar surface area (TPSA) is 75.7 Å². The minimum absolute atomic E-state index is 0.151. The predicted octanol–water partition coefficient (Wildman–Crippen LogP) is 2.77. The second-order valence-corrected chi connectivity index (χ2v) is 9.52. The number of morpholine rings is 1. The number of carbonyl (C=O) groups excluding carboxylic acids is 1. The molecular formula is C22H26N2O4S. The van der Waals surface area contributed by atoms with Crippen LogP contribution in [0.4, 0.5) is 5.69 Å². The molecule has 0 unspecified atom stereocenters. The molecule has 2 aromatic rings. The van der Waals surface area contributed by atoms with E-state index in [0.29, 0.717) is 32.0 Å². The van der Waals surface area contributed by atoms with Crippen LogP contribution in [0.25, 0.3) is 0 Å². The van der Waals surface area contributed by atoms with Gasteiger partial charge in [-0.2, -0.15) is 4.31 Å². The number of fused-ring (bicyclic) bond motifs is 1. The number of hydrogen-bond donors (Lipinski definition) is 1. The first-order valence-corrected chi connectivity index (χ1v) is 11.5. The van der Waals surface area contributed by atoms with Gasteiger partial charge in [-0.3, -0.25) is 4.79 Å². The molecule has 1 aliphatic heterocycles. The molecule has 0 atom stereocenters. The Bertz CT molecular complexity index is 998. The van der Waals surface area contributed by atoms with Crippen molar-refractivity contribution in [3.05, 3.63) is 59.2 Å². The fourth-order valence-corrected chi connectivity index (χ4v) is 5.41. The smallest absolute Gasteiger partial charge is 0.243 e. The second kappa shape index (κ2) is 8.65. The molecule has 0 saturated carbocycles. The van der Waals surface area contributed by atoms with Crippen molar-refractivity contribution in [2.24, 2.45) is 0 Å². The largest absolute Gasteiger partial charge is 0.379 e. The van der Waals surface area contributed by atoms with Crippen LogP contribution >= 0.6 is 0 Å². The summed E-state index contributed by atoms with van der Waals surface area (Å²) >= 11 is 0. The Hall–Kier alpha value is -2.22. The normalized spacial score (nSPS) is 17.5. The quantitative estimate of drug-likeness (QED) is 0.816. The van der Waals surface area contributed by atoms with Crippen molar-refractivity contribution in [1.82, 2.24) is 4.31 Å². The molecule has 4 rings (SSSR count). The molecule has 29 heavy (non-hydrogen) atoms. The van der Waals surface area contributed by atoms with Gasteiger partial charge in [-0.1, -0.05) is 24.3 Å². The number of rotatable bonds is 5. The molecule has 6 nitrogen and oxygen atoms in total. The van der Waals surface area contributed by atoms with Crippen LogP contribution in [0.3, 0.4) is 0 Å². The van der Waals surface area contributed by atoms with Gasteiger partial charge in [0.25, 0.3) is 0 Å². The van der Waals surface area contributed by atoms with Crippen molar-refractivity contribution in [2.45, 2.75) is 37.0 Å². The van der Waals surface area contributed by atoms with E-state index in [2.05, 4.69) is 17.4 Å². The minimum Gasteiger partial charge on any atom is -0.379 e. The number of amides is 1. The SMILES string of the molecule is O=C(Cc1ccc2c(c1)CCCC2)Nc1cccc(S(=O)(=O)N2CCOCC2)c1. The summed E-state index contributed by atoms with van der Waals surface area (Å²) in [6.45, 7) is 1.49. The Balaban J connectivity index is 1.44. The third-order valence-corrected chi connectivity index (χ3v) is 7.40. The van der Waals surface area contributed by atoms with E-state index >= 15 is 0 Å². The number of nitrogens with one attached hydrogen (secondary N) is 1. The number of benzene rings is 2. The van der Waals surface area contributed by atoms with Gasteiger partial charge in [0.05, 0.1) is 24.5 Å². The van der Waals surface area contributed by atoms with Gasteiger partial charge in [0.15, 0.2) is 0 Å².